The number of carbonyl (C=O) groups excluding carboxylic acids is 1. The summed E-state index contributed by atoms with van der Waals surface area (Å²) in [6, 6.07) is 0. The Morgan fingerprint density at radius 2 is 1.82 bits per heavy atom. The summed E-state index contributed by atoms with van der Waals surface area (Å²) in [4.78, 5) is 30.7. The minimum absolute atomic E-state index is 0.0250. The molecule has 1 aromatic heterocycles. The maximum atomic E-state index is 13.0. The molecule has 0 saturated carbocycles. The van der Waals surface area contributed by atoms with E-state index >= 15 is 0 Å². The van der Waals surface area contributed by atoms with Gasteiger partial charge in [0.1, 0.15) is 0 Å². The molecular formula is C20H34N6O2. The SMILES string of the molecule is COC1(CN(C)C)CCN(C(=O)c2cnc(N3CCN(C)CC3)nc2C)CC1. The van der Waals surface area contributed by atoms with E-state index in [-0.39, 0.29) is 11.5 Å². The van der Waals surface area contributed by atoms with E-state index in [4.69, 9.17) is 4.74 Å². The number of carbonyl (C=O) groups is 1. The Morgan fingerprint density at radius 1 is 1.18 bits per heavy atom. The predicted octanol–water partition coefficient (Wildman–Crippen LogP) is 0.720. The Hall–Kier alpha value is -1.77. The zero-order chi connectivity index (χ0) is 20.3. The molecule has 2 aliphatic rings. The number of ether oxygens (including phenoxy) is 1. The molecule has 0 radical (unpaired) electrons. The third-order valence-electron chi connectivity index (χ3n) is 5.98. The van der Waals surface area contributed by atoms with Crippen molar-refractivity contribution < 1.29 is 9.53 Å². The molecule has 3 rings (SSSR count). The molecule has 0 aliphatic carbocycles. The van der Waals surface area contributed by atoms with Crippen LogP contribution in [-0.4, -0.2) is 110 Å². The lowest BCUT2D eigenvalue weighted by atomic mass is 9.90. The largest absolute Gasteiger partial charge is 0.377 e. The van der Waals surface area contributed by atoms with E-state index in [1.54, 1.807) is 13.3 Å². The Labute approximate surface area is 168 Å². The molecule has 2 saturated heterocycles. The Bertz CT molecular complexity index is 679. The molecule has 0 aromatic carbocycles. The first-order chi connectivity index (χ1) is 13.3. The summed E-state index contributed by atoms with van der Waals surface area (Å²) in [5.41, 5.74) is 1.19. The number of likely N-dealkylation sites (tertiary alicyclic amines) is 1. The number of aryl methyl sites for hydroxylation is 1. The second-order valence-corrected chi connectivity index (χ2v) is 8.38. The molecular weight excluding hydrogens is 356 g/mol. The van der Waals surface area contributed by atoms with Crippen LogP contribution < -0.4 is 4.90 Å². The van der Waals surface area contributed by atoms with Crippen LogP contribution in [0, 0.1) is 6.92 Å². The predicted molar refractivity (Wildman–Crippen MR) is 110 cm³/mol. The topological polar surface area (TPSA) is 65.0 Å². The van der Waals surface area contributed by atoms with Crippen molar-refractivity contribution in [3.05, 3.63) is 17.5 Å². The van der Waals surface area contributed by atoms with Crippen LogP contribution in [0.5, 0.6) is 0 Å². The maximum absolute atomic E-state index is 13.0. The first-order valence-corrected chi connectivity index (χ1v) is 10.1. The van der Waals surface area contributed by atoms with E-state index in [2.05, 4.69) is 45.8 Å². The van der Waals surface area contributed by atoms with Gasteiger partial charge in [0, 0.05) is 59.1 Å². The van der Waals surface area contributed by atoms with Crippen molar-refractivity contribution in [3.8, 4) is 0 Å². The molecule has 1 amide bonds. The van der Waals surface area contributed by atoms with E-state index < -0.39 is 0 Å². The molecule has 0 unspecified atom stereocenters. The molecule has 0 N–H and O–H groups in total. The Kier molecular flexibility index (Phi) is 6.52. The number of nitrogens with zero attached hydrogens (tertiary/aromatic N) is 6. The number of hydrogen-bond donors (Lipinski definition) is 0. The van der Waals surface area contributed by atoms with Gasteiger partial charge in [0.2, 0.25) is 5.95 Å². The van der Waals surface area contributed by atoms with Crippen molar-refractivity contribution in [1.29, 1.82) is 0 Å². The average Bonchev–Trinajstić information content (AvgIpc) is 2.68. The van der Waals surface area contributed by atoms with Crippen molar-refractivity contribution in [2.24, 2.45) is 0 Å². The van der Waals surface area contributed by atoms with Crippen molar-refractivity contribution in [2.75, 3.05) is 79.0 Å². The summed E-state index contributed by atoms with van der Waals surface area (Å²) in [6.45, 7) is 8.01. The number of piperidine rings is 1. The molecule has 3 heterocycles. The van der Waals surface area contributed by atoms with Gasteiger partial charge in [-0.2, -0.15) is 0 Å². The highest BCUT2D eigenvalue weighted by molar-refractivity contribution is 5.95. The Balaban J connectivity index is 1.65. The van der Waals surface area contributed by atoms with Crippen molar-refractivity contribution in [2.45, 2.75) is 25.4 Å². The highest BCUT2D eigenvalue weighted by atomic mass is 16.5. The molecule has 0 bridgehead atoms. The lowest BCUT2D eigenvalue weighted by molar-refractivity contribution is -0.0654. The monoisotopic (exact) mass is 390 g/mol. The smallest absolute Gasteiger partial charge is 0.257 e. The first-order valence-electron chi connectivity index (χ1n) is 10.1. The molecule has 2 fully saturated rings. The van der Waals surface area contributed by atoms with E-state index in [1.807, 2.05) is 11.8 Å². The summed E-state index contributed by atoms with van der Waals surface area (Å²) < 4.78 is 5.82. The number of aromatic nitrogens is 2. The van der Waals surface area contributed by atoms with Gasteiger partial charge < -0.3 is 24.3 Å². The Morgan fingerprint density at radius 3 is 2.36 bits per heavy atom. The molecule has 28 heavy (non-hydrogen) atoms. The molecule has 8 nitrogen and oxygen atoms in total. The van der Waals surface area contributed by atoms with Crippen LogP contribution in [-0.2, 0) is 4.74 Å². The highest BCUT2D eigenvalue weighted by Gasteiger charge is 2.37. The quantitative estimate of drug-likeness (QED) is 0.734. The lowest BCUT2D eigenvalue weighted by Gasteiger charge is -2.42. The molecule has 156 valence electrons. The maximum Gasteiger partial charge on any atom is 0.257 e. The number of rotatable bonds is 5. The minimum atomic E-state index is -0.170. The standard InChI is InChI=1S/C20H34N6O2/c1-16-17(14-21-19(22-16)26-12-10-24(4)11-13-26)18(27)25-8-6-20(28-5,7-9-25)15-23(2)3/h14H,6-13,15H2,1-5H3. The van der Waals surface area contributed by atoms with Gasteiger partial charge in [-0.25, -0.2) is 9.97 Å². The lowest BCUT2D eigenvalue weighted by Crippen LogP contribution is -2.52. The van der Waals surface area contributed by atoms with E-state index in [0.29, 0.717) is 18.7 Å². The van der Waals surface area contributed by atoms with Crippen molar-refractivity contribution in [1.82, 2.24) is 24.7 Å². The third-order valence-corrected chi connectivity index (χ3v) is 5.98. The summed E-state index contributed by atoms with van der Waals surface area (Å²) in [5, 5.41) is 0. The summed E-state index contributed by atoms with van der Waals surface area (Å²) in [5.74, 6) is 0.752. The number of methoxy groups -OCH3 is 1. The fourth-order valence-electron chi connectivity index (χ4n) is 4.11. The van der Waals surface area contributed by atoms with E-state index in [9.17, 15) is 4.79 Å². The number of hydrogen-bond acceptors (Lipinski definition) is 7. The van der Waals surface area contributed by atoms with Crippen molar-refractivity contribution in [3.63, 3.8) is 0 Å². The normalized spacial score (nSPS) is 20.6. The molecule has 8 heteroatoms. The van der Waals surface area contributed by atoms with Gasteiger partial charge in [-0.15, -0.1) is 0 Å². The zero-order valence-electron chi connectivity index (χ0n) is 17.9. The summed E-state index contributed by atoms with van der Waals surface area (Å²) >= 11 is 0. The number of piperazine rings is 1. The van der Waals surface area contributed by atoms with Crippen LogP contribution in [0.2, 0.25) is 0 Å². The number of anilines is 1. The fourth-order valence-corrected chi connectivity index (χ4v) is 4.11. The second kappa shape index (κ2) is 8.71. The third kappa shape index (κ3) is 4.61. The summed E-state index contributed by atoms with van der Waals surface area (Å²) in [6.07, 6.45) is 3.38. The molecule has 0 atom stereocenters. The second-order valence-electron chi connectivity index (χ2n) is 8.38. The average molecular weight is 391 g/mol. The molecule has 1 aromatic rings. The number of amides is 1. The van der Waals surface area contributed by atoms with Crippen LogP contribution in [0.1, 0.15) is 28.9 Å². The van der Waals surface area contributed by atoms with Crippen LogP contribution in [0.15, 0.2) is 6.20 Å². The van der Waals surface area contributed by atoms with Crippen LogP contribution in [0.3, 0.4) is 0 Å². The first kappa shape index (κ1) is 21.0. The van der Waals surface area contributed by atoms with Gasteiger partial charge in [0.25, 0.3) is 5.91 Å². The van der Waals surface area contributed by atoms with Crippen LogP contribution in [0.4, 0.5) is 5.95 Å². The van der Waals surface area contributed by atoms with E-state index in [1.165, 1.54) is 0 Å². The van der Waals surface area contributed by atoms with Gasteiger partial charge in [0.05, 0.1) is 16.9 Å². The van der Waals surface area contributed by atoms with Gasteiger partial charge in [-0.3, -0.25) is 4.79 Å². The fraction of sp³-hybridized carbons (Fsp3) is 0.750. The zero-order valence-corrected chi connectivity index (χ0v) is 17.9. The summed E-state index contributed by atoms with van der Waals surface area (Å²) in [7, 11) is 8.01. The van der Waals surface area contributed by atoms with Crippen molar-refractivity contribution >= 4 is 11.9 Å². The van der Waals surface area contributed by atoms with E-state index in [0.717, 1.165) is 57.2 Å². The van der Waals surface area contributed by atoms with Crippen LogP contribution in [0.25, 0.3) is 0 Å². The van der Waals surface area contributed by atoms with Crippen LogP contribution >= 0.6 is 0 Å². The van der Waals surface area contributed by atoms with Gasteiger partial charge in [-0.05, 0) is 40.9 Å². The molecule has 0 spiro atoms. The van der Waals surface area contributed by atoms with Gasteiger partial charge in [-0.1, -0.05) is 0 Å². The number of likely N-dealkylation sites (N-methyl/N-ethyl adjacent to an activating group) is 2. The van der Waals surface area contributed by atoms with Gasteiger partial charge >= 0.3 is 0 Å². The highest BCUT2D eigenvalue weighted by Crippen LogP contribution is 2.27. The van der Waals surface area contributed by atoms with Gasteiger partial charge in [0.15, 0.2) is 0 Å². The molecule has 2 aliphatic heterocycles. The minimum Gasteiger partial charge on any atom is -0.377 e.